The molecule has 2 aliphatic carbocycles. The van der Waals surface area contributed by atoms with E-state index in [1.54, 1.807) is 7.05 Å². The van der Waals surface area contributed by atoms with E-state index in [0.29, 0.717) is 6.04 Å². The molecule has 0 aromatic rings. The van der Waals surface area contributed by atoms with Crippen LogP contribution in [0.3, 0.4) is 0 Å². The van der Waals surface area contributed by atoms with Crippen LogP contribution in [0.2, 0.25) is 0 Å². The minimum Gasteiger partial charge on any atom is -0.353 e. The van der Waals surface area contributed by atoms with Crippen LogP contribution in [0.1, 0.15) is 58.3 Å². The topological polar surface area (TPSA) is 70.2 Å². The highest BCUT2D eigenvalue weighted by Crippen LogP contribution is 2.27. The summed E-state index contributed by atoms with van der Waals surface area (Å²) in [6, 6.07) is 0.115. The zero-order valence-corrected chi connectivity index (χ0v) is 13.3. The van der Waals surface area contributed by atoms with Crippen LogP contribution in [0.25, 0.3) is 0 Å². The summed E-state index contributed by atoms with van der Waals surface area (Å²) in [4.78, 5) is 24.1. The van der Waals surface area contributed by atoms with Crippen LogP contribution < -0.4 is 16.0 Å². The predicted octanol–water partition coefficient (Wildman–Crippen LogP) is 2.17. The number of urea groups is 1. The number of carbonyl (C=O) groups is 2. The van der Waals surface area contributed by atoms with Crippen LogP contribution in [0, 0.1) is 11.8 Å². The maximum absolute atomic E-state index is 12.5. The summed E-state index contributed by atoms with van der Waals surface area (Å²) in [7, 11) is 1.61. The van der Waals surface area contributed by atoms with Crippen molar-refractivity contribution < 1.29 is 9.59 Å². The minimum atomic E-state index is -0.189. The first kappa shape index (κ1) is 16.1. The monoisotopic (exact) mass is 295 g/mol. The highest BCUT2D eigenvalue weighted by atomic mass is 16.2. The molecule has 0 radical (unpaired) electrons. The van der Waals surface area contributed by atoms with Gasteiger partial charge in [-0.05, 0) is 44.4 Å². The molecule has 2 aliphatic rings. The molecule has 3 amide bonds. The Bertz CT molecular complexity index is 365. The van der Waals surface area contributed by atoms with Gasteiger partial charge in [-0.3, -0.25) is 4.79 Å². The third-order valence-electron chi connectivity index (χ3n) is 5.01. The van der Waals surface area contributed by atoms with E-state index in [0.717, 1.165) is 44.4 Å². The summed E-state index contributed by atoms with van der Waals surface area (Å²) >= 11 is 0. The normalized spacial score (nSPS) is 33.0. The lowest BCUT2D eigenvalue weighted by Gasteiger charge is -2.33. The fourth-order valence-corrected chi connectivity index (χ4v) is 3.57. The molecule has 0 aromatic carbocycles. The lowest BCUT2D eigenvalue weighted by molar-refractivity contribution is -0.127. The number of rotatable bonds is 3. The number of nitrogens with one attached hydrogen (secondary N) is 3. The average molecular weight is 295 g/mol. The van der Waals surface area contributed by atoms with E-state index in [1.165, 1.54) is 12.8 Å². The zero-order chi connectivity index (χ0) is 15.2. The highest BCUT2D eigenvalue weighted by Gasteiger charge is 2.33. The Morgan fingerprint density at radius 2 is 1.57 bits per heavy atom. The van der Waals surface area contributed by atoms with Gasteiger partial charge < -0.3 is 16.0 Å². The Balaban J connectivity index is 1.87. The molecule has 0 heterocycles. The van der Waals surface area contributed by atoms with Crippen LogP contribution in [-0.4, -0.2) is 31.1 Å². The molecule has 2 atom stereocenters. The van der Waals surface area contributed by atoms with Crippen LogP contribution in [0.15, 0.2) is 0 Å². The van der Waals surface area contributed by atoms with Crippen LogP contribution in [0.5, 0.6) is 0 Å². The van der Waals surface area contributed by atoms with Gasteiger partial charge >= 0.3 is 6.03 Å². The molecule has 0 aromatic heterocycles. The SMILES string of the molecule is CNC(=O)NC1CCCCC1C(=O)NC1CCC(C)CC1. The van der Waals surface area contributed by atoms with Crippen molar-refractivity contribution in [3.8, 4) is 0 Å². The second-order valence-electron chi connectivity index (χ2n) is 6.69. The van der Waals surface area contributed by atoms with Gasteiger partial charge in [-0.15, -0.1) is 0 Å². The zero-order valence-electron chi connectivity index (χ0n) is 13.3. The van der Waals surface area contributed by atoms with E-state index >= 15 is 0 Å². The van der Waals surface area contributed by atoms with Gasteiger partial charge in [0.25, 0.3) is 0 Å². The largest absolute Gasteiger partial charge is 0.353 e. The maximum Gasteiger partial charge on any atom is 0.314 e. The summed E-state index contributed by atoms with van der Waals surface area (Å²) < 4.78 is 0. The van der Waals surface area contributed by atoms with Gasteiger partial charge in [-0.1, -0.05) is 19.8 Å². The van der Waals surface area contributed by atoms with E-state index in [4.69, 9.17) is 0 Å². The Hall–Kier alpha value is -1.26. The Morgan fingerprint density at radius 3 is 2.24 bits per heavy atom. The average Bonchev–Trinajstić information content (AvgIpc) is 2.50. The van der Waals surface area contributed by atoms with Gasteiger partial charge in [0.05, 0.1) is 5.92 Å². The van der Waals surface area contributed by atoms with Crippen molar-refractivity contribution in [3.05, 3.63) is 0 Å². The van der Waals surface area contributed by atoms with E-state index in [2.05, 4.69) is 22.9 Å². The summed E-state index contributed by atoms with van der Waals surface area (Å²) in [6.07, 6.45) is 8.52. The quantitative estimate of drug-likeness (QED) is 0.747. The Labute approximate surface area is 127 Å². The number of amides is 3. The van der Waals surface area contributed by atoms with Crippen molar-refractivity contribution in [2.24, 2.45) is 11.8 Å². The molecule has 0 saturated heterocycles. The molecule has 2 unspecified atom stereocenters. The molecular formula is C16H29N3O2. The summed E-state index contributed by atoms with van der Waals surface area (Å²) in [5.74, 6) is 0.849. The highest BCUT2D eigenvalue weighted by molar-refractivity contribution is 5.81. The molecule has 2 fully saturated rings. The molecule has 3 N–H and O–H groups in total. The third kappa shape index (κ3) is 4.61. The van der Waals surface area contributed by atoms with Crippen molar-refractivity contribution in [1.82, 2.24) is 16.0 Å². The van der Waals surface area contributed by atoms with Crippen molar-refractivity contribution in [2.45, 2.75) is 70.4 Å². The van der Waals surface area contributed by atoms with Crippen molar-refractivity contribution >= 4 is 11.9 Å². The van der Waals surface area contributed by atoms with Gasteiger partial charge in [-0.25, -0.2) is 4.79 Å². The van der Waals surface area contributed by atoms with E-state index in [1.807, 2.05) is 0 Å². The fourth-order valence-electron chi connectivity index (χ4n) is 3.57. The molecule has 0 aliphatic heterocycles. The number of carbonyl (C=O) groups excluding carboxylic acids is 2. The molecule has 0 bridgehead atoms. The first-order valence-electron chi connectivity index (χ1n) is 8.38. The standard InChI is InChI=1S/C16H29N3O2/c1-11-7-9-12(10-8-11)18-15(20)13-5-3-4-6-14(13)19-16(21)17-2/h11-14H,3-10H2,1-2H3,(H,18,20)(H2,17,19,21). The minimum absolute atomic E-state index is 0.0267. The molecule has 21 heavy (non-hydrogen) atoms. The van der Waals surface area contributed by atoms with E-state index in [9.17, 15) is 9.59 Å². The molecule has 5 heteroatoms. The Morgan fingerprint density at radius 1 is 0.905 bits per heavy atom. The first-order valence-corrected chi connectivity index (χ1v) is 8.38. The van der Waals surface area contributed by atoms with Gasteiger partial charge in [0.2, 0.25) is 5.91 Å². The second-order valence-corrected chi connectivity index (χ2v) is 6.69. The predicted molar refractivity (Wildman–Crippen MR) is 82.9 cm³/mol. The third-order valence-corrected chi connectivity index (χ3v) is 5.01. The smallest absolute Gasteiger partial charge is 0.314 e. The molecule has 0 spiro atoms. The van der Waals surface area contributed by atoms with E-state index in [-0.39, 0.29) is 23.9 Å². The summed E-state index contributed by atoms with van der Waals surface area (Å²) in [5, 5.41) is 8.73. The van der Waals surface area contributed by atoms with Gasteiger partial charge in [-0.2, -0.15) is 0 Å². The van der Waals surface area contributed by atoms with Crippen molar-refractivity contribution in [2.75, 3.05) is 7.05 Å². The van der Waals surface area contributed by atoms with Gasteiger partial charge in [0, 0.05) is 19.1 Å². The van der Waals surface area contributed by atoms with Gasteiger partial charge in [0.1, 0.15) is 0 Å². The molecule has 2 saturated carbocycles. The molecule has 5 nitrogen and oxygen atoms in total. The van der Waals surface area contributed by atoms with Gasteiger partial charge in [0.15, 0.2) is 0 Å². The first-order chi connectivity index (χ1) is 10.1. The van der Waals surface area contributed by atoms with Crippen LogP contribution >= 0.6 is 0 Å². The number of hydrogen-bond acceptors (Lipinski definition) is 2. The molecule has 120 valence electrons. The lowest BCUT2D eigenvalue weighted by Crippen LogP contribution is -2.52. The second kappa shape index (κ2) is 7.66. The summed E-state index contributed by atoms with van der Waals surface area (Å²) in [5.41, 5.74) is 0. The van der Waals surface area contributed by atoms with Crippen LogP contribution in [-0.2, 0) is 4.79 Å². The van der Waals surface area contributed by atoms with E-state index < -0.39 is 0 Å². The van der Waals surface area contributed by atoms with Crippen LogP contribution in [0.4, 0.5) is 4.79 Å². The fraction of sp³-hybridized carbons (Fsp3) is 0.875. The Kier molecular flexibility index (Phi) is 5.88. The lowest BCUT2D eigenvalue weighted by atomic mass is 9.82. The summed E-state index contributed by atoms with van der Waals surface area (Å²) in [6.45, 7) is 2.28. The molecular weight excluding hydrogens is 266 g/mol. The maximum atomic E-state index is 12.5. The van der Waals surface area contributed by atoms with Crippen molar-refractivity contribution in [3.63, 3.8) is 0 Å². The number of hydrogen-bond donors (Lipinski definition) is 3. The molecule has 2 rings (SSSR count). The van der Waals surface area contributed by atoms with Crippen molar-refractivity contribution in [1.29, 1.82) is 0 Å².